The zero-order chi connectivity index (χ0) is 97.0. The van der Waals surface area contributed by atoms with Crippen molar-refractivity contribution in [3.05, 3.63) is 215 Å². The van der Waals surface area contributed by atoms with Crippen LogP contribution in [-0.4, -0.2) is 215 Å². The lowest BCUT2D eigenvalue weighted by atomic mass is 10.0. The van der Waals surface area contributed by atoms with Gasteiger partial charge < -0.3 is 69.3 Å². The third kappa shape index (κ3) is 41.6. The second kappa shape index (κ2) is 68.0. The minimum Gasteiger partial charge on any atom is -0.394 e. The highest BCUT2D eigenvalue weighted by atomic mass is 16.5. The van der Waals surface area contributed by atoms with Crippen molar-refractivity contribution in [1.82, 2.24) is 44.9 Å². The SMILES string of the molecule is C.C.C.C.C.C.C.C.C.CC(C)c1ccc(N(C)C2CCOCC2)nc1.CC(C)c1ccc(N2CC(O)C2)nc1.CC(C)c1ccc(N2CCC(O)C2)nc1.CC(C)c1ccc(N2CCC2)nc1.CC(C)c1ccc(N2CCCC2)nc1.CC(C)c1ccc(N2CCCC2C)nc1.CC(C)c1ccc(N2CCC[C@H]2CO)nc1.CC(C)c1ccc(NC2CCOCC2)nc1.Cc1cc(C(C)C)cnc1N1CCCC1. The van der Waals surface area contributed by atoms with E-state index in [1.165, 1.54) is 146 Å². The molecule has 23 heteroatoms. The van der Waals surface area contributed by atoms with Crippen LogP contribution in [0.25, 0.3) is 0 Å². The third-order valence-electron chi connectivity index (χ3n) is 27.3. The van der Waals surface area contributed by atoms with Gasteiger partial charge in [-0.15, -0.1) is 0 Å². The van der Waals surface area contributed by atoms with Gasteiger partial charge in [-0.25, -0.2) is 44.9 Å². The smallest absolute Gasteiger partial charge is 0.131 e. The lowest BCUT2D eigenvalue weighted by Gasteiger charge is -2.36. The quantitative estimate of drug-likeness (QED) is 0.0523. The number of hydrogen-bond acceptors (Lipinski definition) is 23. The van der Waals surface area contributed by atoms with Gasteiger partial charge >= 0.3 is 0 Å². The Kier molecular flexibility index (Phi) is 62.5. The minimum atomic E-state index is -0.184. The molecular formula is C121H206N18O5. The van der Waals surface area contributed by atoms with Crippen molar-refractivity contribution in [2.75, 3.05) is 163 Å². The van der Waals surface area contributed by atoms with E-state index in [9.17, 15) is 10.2 Å². The first-order chi connectivity index (χ1) is 64.9. The van der Waals surface area contributed by atoms with Gasteiger partial charge in [0.15, 0.2) is 0 Å². The molecule has 23 nitrogen and oxygen atoms in total. The van der Waals surface area contributed by atoms with Crippen molar-refractivity contribution in [3.8, 4) is 0 Å². The molecule has 18 heterocycles. The van der Waals surface area contributed by atoms with E-state index >= 15 is 0 Å². The van der Waals surface area contributed by atoms with Gasteiger partial charge in [-0.05, 0) is 261 Å². The van der Waals surface area contributed by atoms with Crippen LogP contribution in [0, 0.1) is 6.92 Å². The molecule has 0 bridgehead atoms. The number of hydrogen-bond donors (Lipinski definition) is 4. The van der Waals surface area contributed by atoms with Crippen molar-refractivity contribution >= 4 is 52.4 Å². The van der Waals surface area contributed by atoms with Crippen LogP contribution in [0.3, 0.4) is 0 Å². The molecule has 3 atom stereocenters. The summed E-state index contributed by atoms with van der Waals surface area (Å²) in [4.78, 5) is 58.6. The molecule has 9 saturated heterocycles. The molecule has 0 spiro atoms. The Hall–Kier alpha value is -9.65. The molecule has 0 amide bonds. The van der Waals surface area contributed by atoms with Gasteiger partial charge in [0.2, 0.25) is 0 Å². The van der Waals surface area contributed by atoms with Gasteiger partial charge in [-0.3, -0.25) is 0 Å². The number of rotatable bonds is 21. The van der Waals surface area contributed by atoms with Gasteiger partial charge in [-0.2, -0.15) is 0 Å². The molecule has 0 aromatic carbocycles. The average molecular weight is 1990 g/mol. The fourth-order valence-electron chi connectivity index (χ4n) is 17.5. The summed E-state index contributed by atoms with van der Waals surface area (Å²) in [5, 5.41) is 31.3. The Morgan fingerprint density at radius 3 is 0.986 bits per heavy atom. The predicted molar refractivity (Wildman–Crippen MR) is 624 cm³/mol. The van der Waals surface area contributed by atoms with E-state index in [1.807, 2.05) is 67.9 Å². The summed E-state index contributed by atoms with van der Waals surface area (Å²) in [5.74, 6) is 14.6. The normalized spacial score (nSPS) is 17.2. The zero-order valence-electron chi connectivity index (χ0n) is 86.4. The first kappa shape index (κ1) is 132. The molecule has 9 aliphatic rings. The van der Waals surface area contributed by atoms with Gasteiger partial charge in [0.25, 0.3) is 0 Å². The molecular weight excluding hydrogens is 1790 g/mol. The number of aliphatic hydroxyl groups is 3. The summed E-state index contributed by atoms with van der Waals surface area (Å²) in [6.07, 6.45) is 34.1. The van der Waals surface area contributed by atoms with E-state index in [2.05, 4.69) is 326 Å². The minimum absolute atomic E-state index is 0. The second-order valence-electron chi connectivity index (χ2n) is 40.9. The Labute approximate surface area is 879 Å². The predicted octanol–water partition coefficient (Wildman–Crippen LogP) is 28.2. The molecule has 0 radical (unpaired) electrons. The Bertz CT molecular complexity index is 4740. The number of aryl methyl sites for hydroxylation is 1. The van der Waals surface area contributed by atoms with Crippen LogP contribution < -0.4 is 44.5 Å². The summed E-state index contributed by atoms with van der Waals surface area (Å²) < 4.78 is 10.7. The van der Waals surface area contributed by atoms with Crippen molar-refractivity contribution in [2.24, 2.45) is 0 Å². The van der Waals surface area contributed by atoms with Crippen LogP contribution in [0.1, 0.15) is 397 Å². The standard InChI is InChI=1S/C14H22N2O.2C13H20N2O.2C13H20N2.C12H18N2O.C12H18N2.C11H16N2O.C11H16N2.9CH4/c1-11(2)12-4-5-14(15-10-12)16(3)13-6-8-17-9-7-13;1-10(2)11-3-4-13(14-9-11)15-12-5-7-16-8-6-12;1-10(2)11-5-6-13(14-8-11)15-7-3-4-12(15)9-16;1-10(2)12-6-7-13(14-9-12)15-8-4-5-11(15)3;1-10(2)12-8-11(3)13(14-9-12)15-6-4-5-7-15;1-9(2)10-3-4-12(13-7-10)14-6-5-11(15)8-14;1-10(2)11-5-6-12(13-9-11)14-7-3-4-8-14;1-8(2)9-3-4-11(12-5-9)13-6-10(14)7-13;1-9(2)10-4-5-11(12-8-10)13-6-3-7-13;;;;;;;;;/h4-5,10-11,13H,6-9H2,1-3H3;3-4,9-10,12H,5-8H2,1-2H3,(H,14,15);5-6,8,10,12,16H,3-4,7,9H2,1-2H3;6-7,9-11H,4-5,8H2,1-3H3;8-10H,4-7H2,1-3H3;3-4,7,9,11,15H,5-6,8H2,1-2H3;5-6,9-10H,3-4,7-8H2,1-2H3;3-5,8,10,14H,6-7H2,1-2H3;4-5,8-9H,3,6-7H2,1-2H3;9*1H4/t;;12-;;;;;;;;;;;;;;;/m..0.............../s1. The van der Waals surface area contributed by atoms with Crippen LogP contribution in [0.5, 0.6) is 0 Å². The van der Waals surface area contributed by atoms with Crippen molar-refractivity contribution in [1.29, 1.82) is 0 Å². The number of pyridine rings is 9. The average Bonchev–Trinajstić information content (AvgIpc) is 1.44. The van der Waals surface area contributed by atoms with Gasteiger partial charge in [-0.1, -0.05) is 246 Å². The van der Waals surface area contributed by atoms with E-state index in [0.717, 1.165) is 138 Å². The van der Waals surface area contributed by atoms with E-state index < -0.39 is 0 Å². The van der Waals surface area contributed by atoms with Crippen LogP contribution >= 0.6 is 0 Å². The van der Waals surface area contributed by atoms with Gasteiger partial charge in [0.1, 0.15) is 52.4 Å². The van der Waals surface area contributed by atoms with Crippen LogP contribution in [-0.2, 0) is 9.47 Å². The maximum atomic E-state index is 9.43. The van der Waals surface area contributed by atoms with Gasteiger partial charge in [0, 0.05) is 186 Å². The second-order valence-corrected chi connectivity index (χ2v) is 40.9. The van der Waals surface area contributed by atoms with Crippen molar-refractivity contribution < 1.29 is 24.8 Å². The van der Waals surface area contributed by atoms with Crippen molar-refractivity contribution in [2.45, 2.75) is 385 Å². The zero-order valence-corrected chi connectivity index (χ0v) is 86.4. The molecule has 4 N–H and O–H groups in total. The van der Waals surface area contributed by atoms with Crippen LogP contribution in [0.2, 0.25) is 0 Å². The number of anilines is 9. The highest BCUT2D eigenvalue weighted by molar-refractivity contribution is 5.51. The molecule has 0 aliphatic carbocycles. The molecule has 144 heavy (non-hydrogen) atoms. The maximum absolute atomic E-state index is 9.43. The number of nitrogens with zero attached hydrogens (tertiary/aromatic N) is 17. The summed E-state index contributed by atoms with van der Waals surface area (Å²) in [7, 11) is 2.13. The molecule has 9 aliphatic heterocycles. The Balaban J connectivity index is 0.000000804. The van der Waals surface area contributed by atoms with E-state index in [0.29, 0.717) is 91.0 Å². The highest BCUT2D eigenvalue weighted by Gasteiger charge is 2.29. The summed E-state index contributed by atoms with van der Waals surface area (Å²) in [6.45, 7) is 59.8. The lowest BCUT2D eigenvalue weighted by molar-refractivity contribution is 0.0853. The fourth-order valence-corrected chi connectivity index (χ4v) is 17.5. The third-order valence-corrected chi connectivity index (χ3v) is 27.3. The van der Waals surface area contributed by atoms with E-state index in [4.69, 9.17) is 14.6 Å². The molecule has 0 saturated carbocycles. The molecule has 9 fully saturated rings. The van der Waals surface area contributed by atoms with Crippen LogP contribution in [0.15, 0.2) is 159 Å². The van der Waals surface area contributed by atoms with E-state index in [1.54, 1.807) is 0 Å². The number of β-amino-alcohol motifs (C(OH)–C–C–N with tert-alkyl or cyclic N) is 2. The summed E-state index contributed by atoms with van der Waals surface area (Å²) >= 11 is 0. The topological polar surface area (TPSA) is 233 Å². The number of nitrogens with one attached hydrogen (secondary N) is 1. The van der Waals surface area contributed by atoms with Crippen molar-refractivity contribution in [3.63, 3.8) is 0 Å². The summed E-state index contributed by atoms with van der Waals surface area (Å²) in [6, 6.07) is 38.4. The van der Waals surface area contributed by atoms with Gasteiger partial charge in [0.05, 0.1) is 24.9 Å². The fraction of sp³-hybridized carbons (Fsp3) is 0.628. The first-order valence-corrected chi connectivity index (χ1v) is 51.4. The number of aromatic nitrogens is 9. The largest absolute Gasteiger partial charge is 0.394 e. The Morgan fingerprint density at radius 2 is 0.660 bits per heavy atom. The van der Waals surface area contributed by atoms with E-state index in [-0.39, 0.29) is 91.7 Å². The monoisotopic (exact) mass is 1990 g/mol. The molecule has 2 unspecified atom stereocenters. The molecule has 810 valence electrons. The molecule has 18 rings (SSSR count). The number of ether oxygens (including phenoxy) is 2. The maximum Gasteiger partial charge on any atom is 0.131 e. The highest BCUT2D eigenvalue weighted by Crippen LogP contribution is 2.32. The first-order valence-electron chi connectivity index (χ1n) is 51.4. The molecule has 9 aromatic heterocycles. The lowest BCUT2D eigenvalue weighted by Crippen LogP contribution is -2.51. The molecule has 9 aromatic rings. The van der Waals surface area contributed by atoms with Crippen LogP contribution in [0.4, 0.5) is 52.4 Å². The summed E-state index contributed by atoms with van der Waals surface area (Å²) in [5.41, 5.74) is 13.0. The Morgan fingerprint density at radius 1 is 0.326 bits per heavy atom. The number of aliphatic hydroxyl groups excluding tert-OH is 3.